The second-order valence-corrected chi connectivity index (χ2v) is 4.86. The average molecular weight is 305 g/mol. The summed E-state index contributed by atoms with van der Waals surface area (Å²) in [6.45, 7) is 6.26. The molecule has 0 spiro atoms. The Bertz CT molecular complexity index is 543. The molecule has 0 fully saturated rings. The topological polar surface area (TPSA) is 78.5 Å². The first-order chi connectivity index (χ1) is 10.5. The van der Waals surface area contributed by atoms with Gasteiger partial charge in [0, 0.05) is 18.7 Å². The molecule has 0 aromatic heterocycles. The molecule has 0 aliphatic carbocycles. The highest BCUT2D eigenvalue weighted by atomic mass is 16.2. The van der Waals surface area contributed by atoms with Crippen LogP contribution in [0.15, 0.2) is 24.3 Å². The fourth-order valence-corrected chi connectivity index (χ4v) is 1.99. The van der Waals surface area contributed by atoms with Gasteiger partial charge >= 0.3 is 0 Å². The third-order valence-electron chi connectivity index (χ3n) is 3.23. The van der Waals surface area contributed by atoms with Gasteiger partial charge in [-0.15, -0.1) is 0 Å². The van der Waals surface area contributed by atoms with Crippen molar-refractivity contribution in [1.29, 1.82) is 0 Å². The Morgan fingerprint density at radius 2 is 1.77 bits per heavy atom. The monoisotopic (exact) mass is 305 g/mol. The quantitative estimate of drug-likeness (QED) is 0.779. The Balaban J connectivity index is 2.55. The minimum atomic E-state index is -0.291. The van der Waals surface area contributed by atoms with Crippen molar-refractivity contribution in [3.63, 3.8) is 0 Å². The predicted molar refractivity (Wildman–Crippen MR) is 84.4 cm³/mol. The SMILES string of the molecule is CCNC(=O)CN(CC)C(=O)CNC(=O)c1ccccc1C. The van der Waals surface area contributed by atoms with E-state index < -0.39 is 0 Å². The Hall–Kier alpha value is -2.37. The molecule has 22 heavy (non-hydrogen) atoms. The maximum atomic E-state index is 12.1. The van der Waals surface area contributed by atoms with Crippen molar-refractivity contribution >= 4 is 17.7 Å². The maximum absolute atomic E-state index is 12.1. The van der Waals surface area contributed by atoms with E-state index in [9.17, 15) is 14.4 Å². The van der Waals surface area contributed by atoms with Crippen LogP contribution in [-0.2, 0) is 9.59 Å². The van der Waals surface area contributed by atoms with E-state index in [0.29, 0.717) is 18.7 Å². The molecule has 0 atom stereocenters. The fraction of sp³-hybridized carbons (Fsp3) is 0.438. The van der Waals surface area contributed by atoms with Crippen LogP contribution in [0.25, 0.3) is 0 Å². The van der Waals surface area contributed by atoms with Gasteiger partial charge in [0.15, 0.2) is 0 Å². The van der Waals surface area contributed by atoms with E-state index in [2.05, 4.69) is 10.6 Å². The zero-order valence-electron chi connectivity index (χ0n) is 13.3. The maximum Gasteiger partial charge on any atom is 0.251 e. The number of amides is 3. The van der Waals surface area contributed by atoms with Crippen LogP contribution in [-0.4, -0.2) is 48.8 Å². The number of benzene rings is 1. The van der Waals surface area contributed by atoms with Crippen LogP contribution in [0, 0.1) is 6.92 Å². The number of hydrogen-bond donors (Lipinski definition) is 2. The Kier molecular flexibility index (Phi) is 7.08. The molecule has 3 amide bonds. The Morgan fingerprint density at radius 3 is 2.36 bits per heavy atom. The standard InChI is InChI=1S/C16H23N3O3/c1-4-17-14(20)11-19(5-2)15(21)10-18-16(22)13-9-7-6-8-12(13)3/h6-9H,4-5,10-11H2,1-3H3,(H,17,20)(H,18,22). The Labute approximate surface area is 130 Å². The van der Waals surface area contributed by atoms with Gasteiger partial charge in [0.25, 0.3) is 5.91 Å². The van der Waals surface area contributed by atoms with Crippen LogP contribution in [0.4, 0.5) is 0 Å². The summed E-state index contributed by atoms with van der Waals surface area (Å²) in [4.78, 5) is 37.0. The molecule has 1 aromatic carbocycles. The fourth-order valence-electron chi connectivity index (χ4n) is 1.99. The lowest BCUT2D eigenvalue weighted by Crippen LogP contribution is -2.45. The van der Waals surface area contributed by atoms with E-state index in [1.54, 1.807) is 19.1 Å². The minimum Gasteiger partial charge on any atom is -0.355 e. The summed E-state index contributed by atoms with van der Waals surface area (Å²) in [5.74, 6) is -0.779. The summed E-state index contributed by atoms with van der Waals surface area (Å²) in [5.41, 5.74) is 1.39. The van der Waals surface area contributed by atoms with Gasteiger partial charge in [-0.2, -0.15) is 0 Å². The van der Waals surface area contributed by atoms with Gasteiger partial charge in [-0.3, -0.25) is 14.4 Å². The summed E-state index contributed by atoms with van der Waals surface area (Å²) in [6, 6.07) is 7.17. The summed E-state index contributed by atoms with van der Waals surface area (Å²) < 4.78 is 0. The van der Waals surface area contributed by atoms with Gasteiger partial charge in [0.1, 0.15) is 0 Å². The van der Waals surface area contributed by atoms with Crippen molar-refractivity contribution in [3.8, 4) is 0 Å². The number of hydrogen-bond acceptors (Lipinski definition) is 3. The third kappa shape index (κ3) is 5.20. The molecular formula is C16H23N3O3. The molecule has 2 N–H and O–H groups in total. The molecule has 1 aromatic rings. The second-order valence-electron chi connectivity index (χ2n) is 4.86. The number of nitrogens with zero attached hydrogens (tertiary/aromatic N) is 1. The molecule has 0 aliphatic rings. The molecule has 1 rings (SSSR count). The van der Waals surface area contributed by atoms with Crippen LogP contribution in [0.1, 0.15) is 29.8 Å². The molecule has 0 aliphatic heterocycles. The van der Waals surface area contributed by atoms with Gasteiger partial charge in [-0.25, -0.2) is 0 Å². The molecule has 0 bridgehead atoms. The summed E-state index contributed by atoms with van der Waals surface area (Å²) in [5, 5.41) is 5.24. The van der Waals surface area contributed by atoms with Crippen molar-refractivity contribution in [2.75, 3.05) is 26.2 Å². The zero-order valence-corrected chi connectivity index (χ0v) is 13.3. The summed E-state index contributed by atoms with van der Waals surface area (Å²) >= 11 is 0. The van der Waals surface area contributed by atoms with E-state index in [0.717, 1.165) is 5.56 Å². The van der Waals surface area contributed by atoms with E-state index in [4.69, 9.17) is 0 Å². The first-order valence-electron chi connectivity index (χ1n) is 7.37. The minimum absolute atomic E-state index is 0.00338. The molecule has 0 saturated carbocycles. The zero-order chi connectivity index (χ0) is 16.5. The first kappa shape index (κ1) is 17.7. The smallest absolute Gasteiger partial charge is 0.251 e. The van der Waals surface area contributed by atoms with Gasteiger partial charge < -0.3 is 15.5 Å². The van der Waals surface area contributed by atoms with Crippen LogP contribution < -0.4 is 10.6 Å². The largest absolute Gasteiger partial charge is 0.355 e. The lowest BCUT2D eigenvalue weighted by Gasteiger charge is -2.20. The highest BCUT2D eigenvalue weighted by molar-refractivity contribution is 5.97. The van der Waals surface area contributed by atoms with Crippen LogP contribution in [0.3, 0.4) is 0 Å². The lowest BCUT2D eigenvalue weighted by atomic mass is 10.1. The first-order valence-corrected chi connectivity index (χ1v) is 7.37. The van der Waals surface area contributed by atoms with E-state index in [1.807, 2.05) is 26.0 Å². The molecule has 0 radical (unpaired) electrons. The second kappa shape index (κ2) is 8.81. The highest BCUT2D eigenvalue weighted by Crippen LogP contribution is 2.06. The molecule has 120 valence electrons. The highest BCUT2D eigenvalue weighted by Gasteiger charge is 2.16. The number of carbonyl (C=O) groups is 3. The van der Waals surface area contributed by atoms with Crippen LogP contribution >= 0.6 is 0 Å². The molecule has 0 unspecified atom stereocenters. The average Bonchev–Trinajstić information content (AvgIpc) is 2.50. The molecular weight excluding hydrogens is 282 g/mol. The number of nitrogens with one attached hydrogen (secondary N) is 2. The number of likely N-dealkylation sites (N-methyl/N-ethyl adjacent to an activating group) is 2. The van der Waals surface area contributed by atoms with E-state index >= 15 is 0 Å². The normalized spacial score (nSPS) is 9.95. The van der Waals surface area contributed by atoms with Gasteiger partial charge in [0.2, 0.25) is 11.8 Å². The molecule has 0 heterocycles. The van der Waals surface area contributed by atoms with E-state index in [-0.39, 0.29) is 30.8 Å². The third-order valence-corrected chi connectivity index (χ3v) is 3.23. The predicted octanol–water partition coefficient (Wildman–Crippen LogP) is 0.709. The summed E-state index contributed by atoms with van der Waals surface area (Å²) in [6.07, 6.45) is 0. The van der Waals surface area contributed by atoms with Gasteiger partial charge in [0.05, 0.1) is 13.1 Å². The lowest BCUT2D eigenvalue weighted by molar-refractivity contribution is -0.135. The van der Waals surface area contributed by atoms with Crippen molar-refractivity contribution in [2.45, 2.75) is 20.8 Å². The van der Waals surface area contributed by atoms with E-state index in [1.165, 1.54) is 4.90 Å². The van der Waals surface area contributed by atoms with Gasteiger partial charge in [-0.1, -0.05) is 18.2 Å². The summed E-state index contributed by atoms with van der Waals surface area (Å²) in [7, 11) is 0. The number of carbonyl (C=O) groups excluding carboxylic acids is 3. The molecule has 6 nitrogen and oxygen atoms in total. The molecule has 0 saturated heterocycles. The number of rotatable bonds is 7. The molecule has 6 heteroatoms. The van der Waals surface area contributed by atoms with Crippen LogP contribution in [0.2, 0.25) is 0 Å². The van der Waals surface area contributed by atoms with Crippen molar-refractivity contribution in [1.82, 2.24) is 15.5 Å². The van der Waals surface area contributed by atoms with Crippen molar-refractivity contribution < 1.29 is 14.4 Å². The van der Waals surface area contributed by atoms with Crippen molar-refractivity contribution in [3.05, 3.63) is 35.4 Å². The van der Waals surface area contributed by atoms with Crippen molar-refractivity contribution in [2.24, 2.45) is 0 Å². The van der Waals surface area contributed by atoms with Gasteiger partial charge in [-0.05, 0) is 32.4 Å². The Morgan fingerprint density at radius 1 is 1.09 bits per heavy atom. The van der Waals surface area contributed by atoms with Crippen LogP contribution in [0.5, 0.6) is 0 Å². The number of aryl methyl sites for hydroxylation is 1.